The van der Waals surface area contributed by atoms with E-state index in [1.165, 1.54) is 22.4 Å². The van der Waals surface area contributed by atoms with Crippen LogP contribution in [-0.2, 0) is 11.2 Å². The van der Waals surface area contributed by atoms with Gasteiger partial charge in [0.2, 0.25) is 0 Å². The van der Waals surface area contributed by atoms with Crippen LogP contribution in [0.5, 0.6) is 0 Å². The summed E-state index contributed by atoms with van der Waals surface area (Å²) in [7, 11) is 0. The van der Waals surface area contributed by atoms with Gasteiger partial charge in [-0.15, -0.1) is 0 Å². The summed E-state index contributed by atoms with van der Waals surface area (Å²) in [6.45, 7) is 13.0. The van der Waals surface area contributed by atoms with Gasteiger partial charge >= 0.3 is 0 Å². The molecule has 1 aromatic rings. The molecule has 0 amide bonds. The molecule has 1 aliphatic heterocycles. The second kappa shape index (κ2) is 5.31. The van der Waals surface area contributed by atoms with Crippen LogP contribution < -0.4 is 4.90 Å². The molecule has 0 N–H and O–H groups in total. The van der Waals surface area contributed by atoms with Crippen molar-refractivity contribution < 1.29 is 4.74 Å². The van der Waals surface area contributed by atoms with Crippen molar-refractivity contribution in [2.75, 3.05) is 18.0 Å². The third-order valence-electron chi connectivity index (χ3n) is 3.69. The molecule has 1 aliphatic rings. The summed E-state index contributed by atoms with van der Waals surface area (Å²) in [6, 6.07) is 4.65. The monoisotopic (exact) mass is 247 g/mol. The first-order valence-corrected chi connectivity index (χ1v) is 7.01. The fraction of sp³-hybridized carbons (Fsp3) is 0.625. The van der Waals surface area contributed by atoms with Crippen LogP contribution in [0.4, 0.5) is 5.69 Å². The number of hydrogen-bond acceptors (Lipinski definition) is 2. The van der Waals surface area contributed by atoms with Gasteiger partial charge in [-0.3, -0.25) is 0 Å². The molecule has 0 spiro atoms. The molecule has 0 bridgehead atoms. The highest BCUT2D eigenvalue weighted by atomic mass is 16.5. The average Bonchev–Trinajstić information content (AvgIpc) is 2.26. The smallest absolute Gasteiger partial charge is 0.0726 e. The van der Waals surface area contributed by atoms with Gasteiger partial charge in [-0.1, -0.05) is 19.1 Å². The topological polar surface area (TPSA) is 12.5 Å². The molecule has 1 saturated heterocycles. The van der Waals surface area contributed by atoms with E-state index >= 15 is 0 Å². The molecule has 1 heterocycles. The zero-order valence-corrected chi connectivity index (χ0v) is 12.3. The lowest BCUT2D eigenvalue weighted by Gasteiger charge is -2.38. The Balaban J connectivity index is 2.32. The number of aryl methyl sites for hydroxylation is 3. The molecule has 2 atom stereocenters. The summed E-state index contributed by atoms with van der Waals surface area (Å²) in [4.78, 5) is 2.49. The minimum atomic E-state index is 0.318. The molecular weight excluding hydrogens is 222 g/mol. The first kappa shape index (κ1) is 13.4. The van der Waals surface area contributed by atoms with E-state index in [-0.39, 0.29) is 0 Å². The summed E-state index contributed by atoms with van der Waals surface area (Å²) in [5.74, 6) is 0. The summed E-state index contributed by atoms with van der Waals surface area (Å²) >= 11 is 0. The molecule has 0 radical (unpaired) electrons. The van der Waals surface area contributed by atoms with Gasteiger partial charge in [-0.2, -0.15) is 0 Å². The lowest BCUT2D eigenvalue weighted by atomic mass is 10.0. The van der Waals surface area contributed by atoms with Gasteiger partial charge in [-0.05, 0) is 50.8 Å². The van der Waals surface area contributed by atoms with Gasteiger partial charge in [0.25, 0.3) is 0 Å². The molecule has 2 heteroatoms. The standard InChI is InChI=1S/C16H25NO/c1-6-15-7-11(2)16(12(3)8-15)17-9-13(4)18-14(5)10-17/h7-8,13-14H,6,9-10H2,1-5H3/t13-,14+. The van der Waals surface area contributed by atoms with Crippen molar-refractivity contribution in [3.05, 3.63) is 28.8 Å². The van der Waals surface area contributed by atoms with Gasteiger partial charge in [0.1, 0.15) is 0 Å². The third-order valence-corrected chi connectivity index (χ3v) is 3.69. The lowest BCUT2D eigenvalue weighted by Crippen LogP contribution is -2.46. The first-order valence-electron chi connectivity index (χ1n) is 7.01. The fourth-order valence-electron chi connectivity index (χ4n) is 3.11. The highest BCUT2D eigenvalue weighted by molar-refractivity contribution is 5.60. The van der Waals surface area contributed by atoms with Crippen LogP contribution in [0, 0.1) is 13.8 Å². The molecule has 18 heavy (non-hydrogen) atoms. The molecule has 0 aromatic heterocycles. The van der Waals surface area contributed by atoms with Crippen molar-refractivity contribution in [1.29, 1.82) is 0 Å². The highest BCUT2D eigenvalue weighted by Gasteiger charge is 2.24. The van der Waals surface area contributed by atoms with Gasteiger partial charge < -0.3 is 9.64 Å². The van der Waals surface area contributed by atoms with Crippen molar-refractivity contribution in [3.8, 4) is 0 Å². The van der Waals surface area contributed by atoms with Gasteiger partial charge in [0, 0.05) is 18.8 Å². The van der Waals surface area contributed by atoms with Crippen molar-refractivity contribution in [2.45, 2.75) is 53.2 Å². The number of hydrogen-bond donors (Lipinski definition) is 0. The molecule has 2 nitrogen and oxygen atoms in total. The van der Waals surface area contributed by atoms with E-state index in [2.05, 4.69) is 51.7 Å². The van der Waals surface area contributed by atoms with Gasteiger partial charge in [0.05, 0.1) is 12.2 Å². The summed E-state index contributed by atoms with van der Waals surface area (Å²) in [5.41, 5.74) is 5.64. The van der Waals surface area contributed by atoms with Crippen LogP contribution in [0.2, 0.25) is 0 Å². The molecule has 100 valence electrons. The van der Waals surface area contributed by atoms with Crippen LogP contribution in [-0.4, -0.2) is 25.3 Å². The van der Waals surface area contributed by atoms with Crippen LogP contribution in [0.1, 0.15) is 37.5 Å². The van der Waals surface area contributed by atoms with Crippen molar-refractivity contribution in [3.63, 3.8) is 0 Å². The summed E-state index contributed by atoms with van der Waals surface area (Å²) in [6.07, 6.45) is 1.74. The lowest BCUT2D eigenvalue weighted by molar-refractivity contribution is -0.00527. The quantitative estimate of drug-likeness (QED) is 0.793. The Morgan fingerprint density at radius 3 is 2.06 bits per heavy atom. The van der Waals surface area contributed by atoms with E-state index in [9.17, 15) is 0 Å². The second-order valence-corrected chi connectivity index (χ2v) is 5.59. The normalized spacial score (nSPS) is 24.4. The number of morpholine rings is 1. The van der Waals surface area contributed by atoms with Crippen LogP contribution in [0.25, 0.3) is 0 Å². The maximum atomic E-state index is 5.82. The Morgan fingerprint density at radius 1 is 1.11 bits per heavy atom. The van der Waals surface area contributed by atoms with Crippen molar-refractivity contribution in [1.82, 2.24) is 0 Å². The molecule has 1 aromatic carbocycles. The molecule has 0 unspecified atom stereocenters. The Bertz CT molecular complexity index is 394. The Kier molecular flexibility index (Phi) is 3.96. The van der Waals surface area contributed by atoms with Gasteiger partial charge in [0.15, 0.2) is 0 Å². The predicted octanol–water partition coefficient (Wildman–Crippen LogP) is 3.48. The number of benzene rings is 1. The molecule has 1 fully saturated rings. The average molecular weight is 247 g/mol. The molecule has 2 rings (SSSR count). The third kappa shape index (κ3) is 2.69. The van der Waals surface area contributed by atoms with E-state index in [0.717, 1.165) is 19.5 Å². The summed E-state index contributed by atoms with van der Waals surface area (Å²) < 4.78 is 5.82. The Hall–Kier alpha value is -1.02. The second-order valence-electron chi connectivity index (χ2n) is 5.59. The number of ether oxygens (including phenoxy) is 1. The van der Waals surface area contributed by atoms with Crippen molar-refractivity contribution in [2.24, 2.45) is 0 Å². The molecular formula is C16H25NO. The largest absolute Gasteiger partial charge is 0.372 e. The minimum Gasteiger partial charge on any atom is -0.372 e. The van der Waals surface area contributed by atoms with Crippen LogP contribution in [0.3, 0.4) is 0 Å². The fourth-order valence-corrected chi connectivity index (χ4v) is 3.11. The maximum absolute atomic E-state index is 5.82. The minimum absolute atomic E-state index is 0.318. The van der Waals surface area contributed by atoms with E-state index in [4.69, 9.17) is 4.74 Å². The van der Waals surface area contributed by atoms with E-state index in [0.29, 0.717) is 12.2 Å². The highest BCUT2D eigenvalue weighted by Crippen LogP contribution is 2.29. The zero-order chi connectivity index (χ0) is 13.3. The maximum Gasteiger partial charge on any atom is 0.0726 e. The van der Waals surface area contributed by atoms with Gasteiger partial charge in [-0.25, -0.2) is 0 Å². The van der Waals surface area contributed by atoms with Crippen molar-refractivity contribution >= 4 is 5.69 Å². The SMILES string of the molecule is CCc1cc(C)c(N2C[C@@H](C)O[C@@H](C)C2)c(C)c1. The Labute approximate surface area is 111 Å². The predicted molar refractivity (Wildman–Crippen MR) is 77.5 cm³/mol. The zero-order valence-electron chi connectivity index (χ0n) is 12.3. The first-order chi connectivity index (χ1) is 8.51. The number of rotatable bonds is 2. The molecule has 0 saturated carbocycles. The summed E-state index contributed by atoms with van der Waals surface area (Å²) in [5, 5.41) is 0. The van der Waals surface area contributed by atoms with E-state index in [1.807, 2.05) is 0 Å². The Morgan fingerprint density at radius 2 is 1.61 bits per heavy atom. The van der Waals surface area contributed by atoms with Crippen LogP contribution >= 0.6 is 0 Å². The van der Waals surface area contributed by atoms with Crippen LogP contribution in [0.15, 0.2) is 12.1 Å². The number of nitrogens with zero attached hydrogens (tertiary/aromatic N) is 1. The molecule has 0 aliphatic carbocycles. The number of anilines is 1. The van der Waals surface area contributed by atoms with E-state index in [1.54, 1.807) is 0 Å². The van der Waals surface area contributed by atoms with E-state index < -0.39 is 0 Å².